The average molecular weight is 372 g/mol. The number of hydrogen-bond acceptors (Lipinski definition) is 3. The fourth-order valence-corrected chi connectivity index (χ4v) is 5.59. The quantitative estimate of drug-likeness (QED) is 0.726. The molecular formula is C25H24O3. The highest BCUT2D eigenvalue weighted by Crippen LogP contribution is 2.64. The fourth-order valence-electron chi connectivity index (χ4n) is 5.59. The predicted molar refractivity (Wildman–Crippen MR) is 110 cm³/mol. The number of aliphatic hydroxyl groups is 1. The van der Waals surface area contributed by atoms with Gasteiger partial charge in [-0.05, 0) is 47.7 Å². The molecule has 0 radical (unpaired) electrons. The summed E-state index contributed by atoms with van der Waals surface area (Å²) in [6.07, 6.45) is 0.115. The van der Waals surface area contributed by atoms with Crippen molar-refractivity contribution in [3.8, 4) is 11.5 Å². The van der Waals surface area contributed by atoms with Crippen LogP contribution in [0.15, 0.2) is 60.7 Å². The van der Waals surface area contributed by atoms with E-state index in [1.807, 2.05) is 19.1 Å². The van der Waals surface area contributed by atoms with E-state index >= 15 is 0 Å². The largest absolute Gasteiger partial charge is 0.496 e. The van der Waals surface area contributed by atoms with Crippen LogP contribution in [0.5, 0.6) is 11.5 Å². The molecule has 0 aromatic heterocycles. The maximum absolute atomic E-state index is 10.6. The van der Waals surface area contributed by atoms with Crippen molar-refractivity contribution < 1.29 is 14.6 Å². The topological polar surface area (TPSA) is 38.7 Å². The van der Waals surface area contributed by atoms with Crippen LogP contribution in [-0.4, -0.2) is 25.4 Å². The second-order valence-corrected chi connectivity index (χ2v) is 7.82. The molecule has 3 aromatic carbocycles. The van der Waals surface area contributed by atoms with Crippen LogP contribution in [0.4, 0.5) is 0 Å². The summed E-state index contributed by atoms with van der Waals surface area (Å²) in [5.41, 5.74) is 6.95. The smallest absolute Gasteiger partial charge is 0.123 e. The maximum Gasteiger partial charge on any atom is 0.123 e. The number of aliphatic hydroxyl groups excluding tert-OH is 1. The van der Waals surface area contributed by atoms with Crippen molar-refractivity contribution in [1.82, 2.24) is 0 Å². The number of ether oxygens (including phenoxy) is 2. The van der Waals surface area contributed by atoms with Crippen LogP contribution < -0.4 is 9.47 Å². The lowest BCUT2D eigenvalue weighted by molar-refractivity contribution is 0.162. The molecule has 0 fully saturated rings. The van der Waals surface area contributed by atoms with Crippen molar-refractivity contribution in [2.45, 2.75) is 30.8 Å². The molecule has 3 aromatic rings. The lowest BCUT2D eigenvalue weighted by Crippen LogP contribution is -2.44. The Labute approximate surface area is 165 Å². The van der Waals surface area contributed by atoms with Gasteiger partial charge in [-0.3, -0.25) is 0 Å². The molecule has 0 spiro atoms. The molecule has 1 unspecified atom stereocenters. The summed E-state index contributed by atoms with van der Waals surface area (Å²) in [6.45, 7) is 1.87. The minimum absolute atomic E-state index is 0.100. The molecule has 3 nitrogen and oxygen atoms in total. The van der Waals surface area contributed by atoms with Crippen molar-refractivity contribution in [1.29, 1.82) is 0 Å². The van der Waals surface area contributed by atoms with E-state index in [0.29, 0.717) is 6.42 Å². The van der Waals surface area contributed by atoms with Gasteiger partial charge >= 0.3 is 0 Å². The fraction of sp³-hybridized carbons (Fsp3) is 0.280. The van der Waals surface area contributed by atoms with Crippen LogP contribution in [-0.2, 0) is 5.41 Å². The van der Waals surface area contributed by atoms with Crippen LogP contribution in [0.3, 0.4) is 0 Å². The second kappa shape index (κ2) is 6.11. The number of methoxy groups -OCH3 is 2. The summed E-state index contributed by atoms with van der Waals surface area (Å²) >= 11 is 0. The predicted octanol–water partition coefficient (Wildman–Crippen LogP) is 4.62. The highest BCUT2D eigenvalue weighted by Gasteiger charge is 2.54. The molecule has 2 bridgehead atoms. The van der Waals surface area contributed by atoms with Gasteiger partial charge in [0.15, 0.2) is 0 Å². The summed E-state index contributed by atoms with van der Waals surface area (Å²) in [5, 5.41) is 10.6. The first-order valence-electron chi connectivity index (χ1n) is 9.75. The Morgan fingerprint density at radius 3 is 1.93 bits per heavy atom. The summed E-state index contributed by atoms with van der Waals surface area (Å²) in [4.78, 5) is 0. The Balaban J connectivity index is 2.00. The van der Waals surface area contributed by atoms with Gasteiger partial charge in [-0.15, -0.1) is 0 Å². The normalized spacial score (nSPS) is 22.1. The standard InChI is InChI=1S/C25H24O3/c1-15(26)14-25-18-10-6-4-8-16(18)22(17-9-5-7-11-19(17)25)23-20(27-2)12-13-21(28-3)24(23)25/h4-13,15,22,26H,14H2,1-3H3. The van der Waals surface area contributed by atoms with E-state index in [4.69, 9.17) is 9.47 Å². The zero-order chi connectivity index (χ0) is 19.5. The van der Waals surface area contributed by atoms with Crippen LogP contribution in [0.1, 0.15) is 52.6 Å². The van der Waals surface area contributed by atoms with Crippen molar-refractivity contribution in [2.24, 2.45) is 0 Å². The van der Waals surface area contributed by atoms with Gasteiger partial charge in [0.05, 0.1) is 25.7 Å². The molecule has 0 saturated carbocycles. The van der Waals surface area contributed by atoms with Crippen molar-refractivity contribution >= 4 is 0 Å². The minimum atomic E-state index is -0.473. The van der Waals surface area contributed by atoms with Crippen LogP contribution in [0, 0.1) is 0 Å². The van der Waals surface area contributed by atoms with Crippen LogP contribution >= 0.6 is 0 Å². The van der Waals surface area contributed by atoms with Gasteiger partial charge in [0.25, 0.3) is 0 Å². The summed E-state index contributed by atoms with van der Waals surface area (Å²) in [7, 11) is 3.45. The maximum atomic E-state index is 10.6. The Hall–Kier alpha value is -2.78. The average Bonchev–Trinajstić information content (AvgIpc) is 2.73. The highest BCUT2D eigenvalue weighted by atomic mass is 16.5. The van der Waals surface area contributed by atoms with Crippen LogP contribution in [0.25, 0.3) is 0 Å². The molecule has 0 saturated heterocycles. The Kier molecular flexibility index (Phi) is 3.78. The van der Waals surface area contributed by atoms with Crippen LogP contribution in [0.2, 0.25) is 0 Å². The van der Waals surface area contributed by atoms with E-state index in [-0.39, 0.29) is 5.92 Å². The van der Waals surface area contributed by atoms with Crippen molar-refractivity contribution in [3.05, 3.63) is 94.0 Å². The summed E-state index contributed by atoms with van der Waals surface area (Å²) in [6, 6.07) is 21.2. The lowest BCUT2D eigenvalue weighted by Gasteiger charge is -2.51. The van der Waals surface area contributed by atoms with Crippen molar-refractivity contribution in [3.63, 3.8) is 0 Å². The third-order valence-corrected chi connectivity index (χ3v) is 6.39. The molecule has 3 aliphatic carbocycles. The third kappa shape index (κ3) is 2.03. The number of benzene rings is 3. The highest BCUT2D eigenvalue weighted by molar-refractivity contribution is 5.76. The summed E-state index contributed by atoms with van der Waals surface area (Å²) in [5.74, 6) is 1.83. The van der Waals surface area contributed by atoms with Gasteiger partial charge in [-0.25, -0.2) is 0 Å². The molecule has 1 atom stereocenters. The zero-order valence-corrected chi connectivity index (χ0v) is 16.4. The van der Waals surface area contributed by atoms with E-state index in [9.17, 15) is 5.11 Å². The van der Waals surface area contributed by atoms with Gasteiger partial charge in [0.1, 0.15) is 11.5 Å². The van der Waals surface area contributed by atoms with Gasteiger partial charge in [-0.1, -0.05) is 48.5 Å². The zero-order valence-electron chi connectivity index (χ0n) is 16.4. The summed E-state index contributed by atoms with van der Waals surface area (Å²) < 4.78 is 11.7. The monoisotopic (exact) mass is 372 g/mol. The van der Waals surface area contributed by atoms with E-state index in [1.54, 1.807) is 14.2 Å². The van der Waals surface area contributed by atoms with E-state index < -0.39 is 11.5 Å². The van der Waals surface area contributed by atoms with E-state index in [2.05, 4.69) is 48.5 Å². The molecule has 3 heteroatoms. The van der Waals surface area contributed by atoms with Crippen molar-refractivity contribution in [2.75, 3.05) is 14.2 Å². The molecule has 28 heavy (non-hydrogen) atoms. The molecule has 3 aliphatic rings. The van der Waals surface area contributed by atoms with E-state index in [0.717, 1.165) is 17.1 Å². The van der Waals surface area contributed by atoms with Gasteiger partial charge in [-0.2, -0.15) is 0 Å². The molecule has 0 amide bonds. The van der Waals surface area contributed by atoms with Gasteiger partial charge in [0, 0.05) is 17.0 Å². The molecule has 0 heterocycles. The van der Waals surface area contributed by atoms with Gasteiger partial charge < -0.3 is 14.6 Å². The molecule has 1 N–H and O–H groups in total. The first kappa shape index (κ1) is 17.3. The minimum Gasteiger partial charge on any atom is -0.496 e. The van der Waals surface area contributed by atoms with Gasteiger partial charge in [0.2, 0.25) is 0 Å². The second-order valence-electron chi connectivity index (χ2n) is 7.82. The lowest BCUT2D eigenvalue weighted by atomic mass is 9.51. The number of hydrogen-bond donors (Lipinski definition) is 1. The Bertz CT molecular complexity index is 1020. The Morgan fingerprint density at radius 2 is 1.39 bits per heavy atom. The molecule has 0 aliphatic heterocycles. The third-order valence-electron chi connectivity index (χ3n) is 6.39. The molecular weight excluding hydrogens is 348 g/mol. The first-order valence-corrected chi connectivity index (χ1v) is 9.75. The molecule has 142 valence electrons. The number of rotatable bonds is 4. The SMILES string of the molecule is COc1ccc(OC)c2c1C1c3ccccc3C2(CC(C)O)c2ccccc21. The Morgan fingerprint density at radius 1 is 0.857 bits per heavy atom. The van der Waals surface area contributed by atoms with E-state index in [1.165, 1.54) is 27.8 Å². The first-order chi connectivity index (χ1) is 13.6. The molecule has 6 rings (SSSR count).